The van der Waals surface area contributed by atoms with Crippen molar-refractivity contribution < 1.29 is 9.47 Å². The van der Waals surface area contributed by atoms with E-state index in [4.69, 9.17) is 15.2 Å². The molecular weight excluding hydrogens is 294 g/mol. The molecule has 0 bridgehead atoms. The quantitative estimate of drug-likeness (QED) is 0.924. The van der Waals surface area contributed by atoms with Crippen LogP contribution in [0.4, 0.5) is 0 Å². The maximum absolute atomic E-state index is 6.37. The second kappa shape index (κ2) is 5.10. The number of hydrogen-bond acceptors (Lipinski definition) is 3. The molecule has 1 aliphatic rings. The van der Waals surface area contributed by atoms with E-state index in [-0.39, 0.29) is 11.6 Å². The molecule has 0 amide bonds. The summed E-state index contributed by atoms with van der Waals surface area (Å²) in [5.74, 6) is 1.50. The molecular formula is C14H20BrNO2. The zero-order chi connectivity index (χ0) is 13.3. The Morgan fingerprint density at radius 1 is 1.28 bits per heavy atom. The number of halogens is 1. The van der Waals surface area contributed by atoms with E-state index in [1.165, 1.54) is 6.42 Å². The van der Waals surface area contributed by atoms with E-state index in [9.17, 15) is 0 Å². The molecule has 1 saturated carbocycles. The van der Waals surface area contributed by atoms with Crippen molar-refractivity contribution in [3.05, 3.63) is 22.2 Å². The lowest BCUT2D eigenvalue weighted by atomic mass is 9.73. The maximum atomic E-state index is 6.37. The third-order valence-corrected chi connectivity index (χ3v) is 4.05. The summed E-state index contributed by atoms with van der Waals surface area (Å²) in [6.45, 7) is 4.00. The summed E-state index contributed by atoms with van der Waals surface area (Å²) in [5, 5.41) is 0. The van der Waals surface area contributed by atoms with Gasteiger partial charge in [0.15, 0.2) is 11.5 Å². The van der Waals surface area contributed by atoms with Crippen molar-refractivity contribution in [2.24, 2.45) is 5.73 Å². The molecule has 2 N–H and O–H groups in total. The van der Waals surface area contributed by atoms with Crippen LogP contribution in [0.15, 0.2) is 16.6 Å². The molecule has 18 heavy (non-hydrogen) atoms. The van der Waals surface area contributed by atoms with Gasteiger partial charge in [0.2, 0.25) is 0 Å². The van der Waals surface area contributed by atoms with Gasteiger partial charge in [-0.1, -0.05) is 15.9 Å². The first-order valence-electron chi connectivity index (χ1n) is 6.30. The Morgan fingerprint density at radius 2 is 1.94 bits per heavy atom. The van der Waals surface area contributed by atoms with Crippen molar-refractivity contribution in [1.82, 2.24) is 0 Å². The highest BCUT2D eigenvalue weighted by molar-refractivity contribution is 9.10. The zero-order valence-electron chi connectivity index (χ0n) is 11.1. The van der Waals surface area contributed by atoms with E-state index < -0.39 is 0 Å². The first-order chi connectivity index (χ1) is 8.46. The van der Waals surface area contributed by atoms with Crippen LogP contribution >= 0.6 is 15.9 Å². The van der Waals surface area contributed by atoms with Gasteiger partial charge in [0.1, 0.15) is 0 Å². The van der Waals surface area contributed by atoms with Crippen molar-refractivity contribution in [3.63, 3.8) is 0 Å². The highest BCUT2D eigenvalue weighted by atomic mass is 79.9. The minimum Gasteiger partial charge on any atom is -0.493 e. The fraction of sp³-hybridized carbons (Fsp3) is 0.571. The van der Waals surface area contributed by atoms with Crippen LogP contribution in [0, 0.1) is 0 Å². The molecule has 0 saturated heterocycles. The monoisotopic (exact) mass is 313 g/mol. The van der Waals surface area contributed by atoms with Crippen LogP contribution in [-0.2, 0) is 5.54 Å². The number of hydrogen-bond donors (Lipinski definition) is 1. The summed E-state index contributed by atoms with van der Waals surface area (Å²) < 4.78 is 12.1. The third kappa shape index (κ3) is 2.50. The summed E-state index contributed by atoms with van der Waals surface area (Å²) in [5.41, 5.74) is 7.28. The van der Waals surface area contributed by atoms with Gasteiger partial charge in [-0.3, -0.25) is 0 Å². The van der Waals surface area contributed by atoms with Crippen molar-refractivity contribution in [1.29, 1.82) is 0 Å². The third-order valence-electron chi connectivity index (χ3n) is 3.40. The number of rotatable bonds is 4. The second-order valence-electron chi connectivity index (χ2n) is 5.16. The molecule has 0 heterocycles. The number of nitrogens with two attached hydrogens (primary N) is 1. The molecule has 100 valence electrons. The summed E-state index contributed by atoms with van der Waals surface area (Å²) in [4.78, 5) is 0. The van der Waals surface area contributed by atoms with Gasteiger partial charge < -0.3 is 15.2 Å². The van der Waals surface area contributed by atoms with Gasteiger partial charge in [0.05, 0.1) is 13.2 Å². The standard InChI is InChI=1S/C14H20BrNO2/c1-9(2)18-13-8-11(15)10(7-12(13)17-3)14(16)5-4-6-14/h7-9H,4-6,16H2,1-3H3. The Kier molecular flexibility index (Phi) is 3.87. The van der Waals surface area contributed by atoms with Crippen LogP contribution in [0.5, 0.6) is 11.5 Å². The summed E-state index contributed by atoms with van der Waals surface area (Å²) in [7, 11) is 1.66. The van der Waals surface area contributed by atoms with Crippen LogP contribution in [0.3, 0.4) is 0 Å². The Labute approximate surface area is 117 Å². The summed E-state index contributed by atoms with van der Waals surface area (Å²) >= 11 is 3.60. The minimum absolute atomic E-state index is 0.118. The van der Waals surface area contributed by atoms with Crippen LogP contribution < -0.4 is 15.2 Å². The van der Waals surface area contributed by atoms with Crippen LogP contribution in [0.1, 0.15) is 38.7 Å². The molecule has 4 heteroatoms. The number of ether oxygens (including phenoxy) is 2. The first-order valence-corrected chi connectivity index (χ1v) is 7.09. The van der Waals surface area contributed by atoms with E-state index in [0.29, 0.717) is 0 Å². The number of methoxy groups -OCH3 is 1. The Balaban J connectivity index is 2.39. The molecule has 1 aliphatic carbocycles. The van der Waals surface area contributed by atoms with Crippen LogP contribution in [-0.4, -0.2) is 13.2 Å². The molecule has 3 nitrogen and oxygen atoms in total. The number of benzene rings is 1. The molecule has 0 spiro atoms. The molecule has 1 aromatic carbocycles. The smallest absolute Gasteiger partial charge is 0.162 e. The molecule has 1 aromatic rings. The topological polar surface area (TPSA) is 44.5 Å². The molecule has 0 aliphatic heterocycles. The van der Waals surface area contributed by atoms with Crippen molar-refractivity contribution in [2.45, 2.75) is 44.8 Å². The Morgan fingerprint density at radius 3 is 2.39 bits per heavy atom. The van der Waals surface area contributed by atoms with E-state index in [2.05, 4.69) is 15.9 Å². The van der Waals surface area contributed by atoms with Gasteiger partial charge >= 0.3 is 0 Å². The average Bonchev–Trinajstić information content (AvgIpc) is 2.25. The van der Waals surface area contributed by atoms with E-state index in [0.717, 1.165) is 34.4 Å². The molecule has 0 unspecified atom stereocenters. The fourth-order valence-electron chi connectivity index (χ4n) is 2.25. The fourth-order valence-corrected chi connectivity index (χ4v) is 2.97. The minimum atomic E-state index is -0.206. The van der Waals surface area contributed by atoms with Gasteiger partial charge in [0, 0.05) is 10.0 Å². The largest absolute Gasteiger partial charge is 0.493 e. The predicted molar refractivity (Wildman–Crippen MR) is 76.2 cm³/mol. The van der Waals surface area contributed by atoms with Crippen LogP contribution in [0.2, 0.25) is 0 Å². The normalized spacial score (nSPS) is 17.4. The zero-order valence-corrected chi connectivity index (χ0v) is 12.7. The van der Waals surface area contributed by atoms with E-state index >= 15 is 0 Å². The van der Waals surface area contributed by atoms with Crippen molar-refractivity contribution >= 4 is 15.9 Å². The van der Waals surface area contributed by atoms with Crippen LogP contribution in [0.25, 0.3) is 0 Å². The molecule has 0 aromatic heterocycles. The average molecular weight is 314 g/mol. The highest BCUT2D eigenvalue weighted by Crippen LogP contribution is 2.45. The van der Waals surface area contributed by atoms with Gasteiger partial charge in [-0.05, 0) is 50.8 Å². The predicted octanol–water partition coefficient (Wildman–Crippen LogP) is 3.58. The lowest BCUT2D eigenvalue weighted by molar-refractivity contribution is 0.226. The van der Waals surface area contributed by atoms with Crippen molar-refractivity contribution in [2.75, 3.05) is 7.11 Å². The maximum Gasteiger partial charge on any atom is 0.162 e. The lowest BCUT2D eigenvalue weighted by Crippen LogP contribution is -2.43. The first kappa shape index (κ1) is 13.7. The Hall–Kier alpha value is -0.740. The molecule has 1 fully saturated rings. The lowest BCUT2D eigenvalue weighted by Gasteiger charge is -2.39. The van der Waals surface area contributed by atoms with Crippen molar-refractivity contribution in [3.8, 4) is 11.5 Å². The van der Waals surface area contributed by atoms with Gasteiger partial charge in [0.25, 0.3) is 0 Å². The molecule has 0 radical (unpaired) electrons. The second-order valence-corrected chi connectivity index (χ2v) is 6.01. The summed E-state index contributed by atoms with van der Waals surface area (Å²) in [6, 6.07) is 3.96. The van der Waals surface area contributed by atoms with E-state index in [1.54, 1.807) is 7.11 Å². The van der Waals surface area contributed by atoms with E-state index in [1.807, 2.05) is 26.0 Å². The summed E-state index contributed by atoms with van der Waals surface area (Å²) in [6.07, 6.45) is 3.36. The molecule has 2 rings (SSSR count). The SMILES string of the molecule is COc1cc(C2(N)CCC2)c(Br)cc1OC(C)C. The van der Waals surface area contributed by atoms with Gasteiger partial charge in [-0.15, -0.1) is 0 Å². The van der Waals surface area contributed by atoms with Gasteiger partial charge in [-0.25, -0.2) is 0 Å². The Bertz CT molecular complexity index is 442. The highest BCUT2D eigenvalue weighted by Gasteiger charge is 2.36. The van der Waals surface area contributed by atoms with Gasteiger partial charge in [-0.2, -0.15) is 0 Å². The molecule has 0 atom stereocenters.